The van der Waals surface area contributed by atoms with Crippen molar-refractivity contribution in [1.29, 1.82) is 0 Å². The minimum atomic E-state index is 0.694. The molecule has 1 heterocycles. The van der Waals surface area contributed by atoms with Crippen LogP contribution in [-0.2, 0) is 6.54 Å². The number of ether oxygens (including phenoxy) is 1. The summed E-state index contributed by atoms with van der Waals surface area (Å²) >= 11 is 0. The number of hydrogen-bond acceptors (Lipinski definition) is 4. The third-order valence-electron chi connectivity index (χ3n) is 4.80. The Morgan fingerprint density at radius 3 is 2.38 bits per heavy atom. The van der Waals surface area contributed by atoms with Crippen molar-refractivity contribution in [3.8, 4) is 5.75 Å². The van der Waals surface area contributed by atoms with Crippen LogP contribution >= 0.6 is 0 Å². The van der Waals surface area contributed by atoms with E-state index >= 15 is 0 Å². The molecule has 0 spiro atoms. The molecule has 0 aromatic heterocycles. The summed E-state index contributed by atoms with van der Waals surface area (Å²) in [6.07, 6.45) is 1.94. The normalized spacial score (nSPS) is 15.6. The third kappa shape index (κ3) is 5.09. The zero-order valence-electron chi connectivity index (χ0n) is 16.1. The zero-order valence-corrected chi connectivity index (χ0v) is 16.1. The minimum Gasteiger partial charge on any atom is -0.494 e. The lowest BCUT2D eigenvalue weighted by Crippen LogP contribution is -2.43. The van der Waals surface area contributed by atoms with E-state index in [1.54, 1.807) is 0 Å². The Labute approximate surface area is 157 Å². The van der Waals surface area contributed by atoms with Gasteiger partial charge in [-0.15, -0.1) is 0 Å². The maximum absolute atomic E-state index is 5.47. The van der Waals surface area contributed by atoms with E-state index in [9.17, 15) is 0 Å². The Hall–Kier alpha value is -2.33. The monoisotopic (exact) mass is 351 g/mol. The second kappa shape index (κ2) is 8.86. The van der Waals surface area contributed by atoms with Gasteiger partial charge in [0.15, 0.2) is 0 Å². The number of aryl methyl sites for hydroxylation is 2. The van der Waals surface area contributed by atoms with Crippen molar-refractivity contribution in [3.05, 3.63) is 64.7 Å². The lowest BCUT2D eigenvalue weighted by molar-refractivity contribution is 0.131. The van der Waals surface area contributed by atoms with Crippen molar-refractivity contribution in [2.75, 3.05) is 32.8 Å². The summed E-state index contributed by atoms with van der Waals surface area (Å²) in [5.74, 6) is 0.907. The van der Waals surface area contributed by atoms with E-state index < -0.39 is 0 Å². The molecule has 1 aliphatic rings. The van der Waals surface area contributed by atoms with Gasteiger partial charge in [0.1, 0.15) is 5.75 Å². The molecular formula is C22H29N3O. The second-order valence-electron chi connectivity index (χ2n) is 6.91. The molecule has 0 aliphatic carbocycles. The highest BCUT2D eigenvalue weighted by Crippen LogP contribution is 2.15. The Bertz CT molecular complexity index is 732. The van der Waals surface area contributed by atoms with Gasteiger partial charge in [0, 0.05) is 32.7 Å². The molecule has 4 nitrogen and oxygen atoms in total. The summed E-state index contributed by atoms with van der Waals surface area (Å²) < 4.78 is 5.47. The fourth-order valence-electron chi connectivity index (χ4n) is 3.24. The highest BCUT2D eigenvalue weighted by Gasteiger charge is 2.16. The van der Waals surface area contributed by atoms with E-state index in [0.717, 1.165) is 44.0 Å². The Kier molecular flexibility index (Phi) is 6.29. The van der Waals surface area contributed by atoms with Crippen LogP contribution in [0.1, 0.15) is 29.2 Å². The molecule has 2 aromatic rings. The molecule has 0 atom stereocenters. The van der Waals surface area contributed by atoms with Crippen LogP contribution in [0.25, 0.3) is 0 Å². The first-order valence-corrected chi connectivity index (χ1v) is 9.44. The average molecular weight is 351 g/mol. The Morgan fingerprint density at radius 1 is 1.00 bits per heavy atom. The first-order chi connectivity index (χ1) is 12.6. The SMILES string of the molecule is CCOc1ccc(/C=N\N2CCN(Cc3ccc(C)cc3C)CC2)cc1. The first kappa shape index (κ1) is 18.5. The number of benzene rings is 2. The van der Waals surface area contributed by atoms with Gasteiger partial charge < -0.3 is 4.74 Å². The van der Waals surface area contributed by atoms with Crippen LogP contribution in [-0.4, -0.2) is 48.9 Å². The van der Waals surface area contributed by atoms with E-state index in [1.807, 2.05) is 37.4 Å². The van der Waals surface area contributed by atoms with E-state index in [2.05, 4.69) is 47.1 Å². The molecule has 1 saturated heterocycles. The summed E-state index contributed by atoms with van der Waals surface area (Å²) in [4.78, 5) is 2.51. The molecule has 0 radical (unpaired) electrons. The standard InChI is InChI=1S/C22H29N3O/c1-4-26-22-9-6-20(7-10-22)16-23-25-13-11-24(12-14-25)17-21-8-5-18(2)15-19(21)3/h5-10,15-16H,4,11-14,17H2,1-3H3/b23-16-. The van der Waals surface area contributed by atoms with Crippen LogP contribution in [0.3, 0.4) is 0 Å². The number of piperazine rings is 1. The van der Waals surface area contributed by atoms with Crippen LogP contribution in [0.4, 0.5) is 0 Å². The van der Waals surface area contributed by atoms with Crippen molar-refractivity contribution < 1.29 is 4.74 Å². The van der Waals surface area contributed by atoms with Gasteiger partial charge in [0.05, 0.1) is 12.8 Å². The molecule has 1 fully saturated rings. The summed E-state index contributed by atoms with van der Waals surface area (Å²) in [5.41, 5.74) is 5.26. The molecule has 0 amide bonds. The Morgan fingerprint density at radius 2 is 1.73 bits per heavy atom. The van der Waals surface area contributed by atoms with Gasteiger partial charge in [-0.3, -0.25) is 9.91 Å². The van der Waals surface area contributed by atoms with Crippen molar-refractivity contribution >= 4 is 6.21 Å². The third-order valence-corrected chi connectivity index (χ3v) is 4.80. The highest BCUT2D eigenvalue weighted by molar-refractivity contribution is 5.79. The molecular weight excluding hydrogens is 322 g/mol. The maximum Gasteiger partial charge on any atom is 0.119 e. The Balaban J connectivity index is 1.48. The topological polar surface area (TPSA) is 28.1 Å². The minimum absolute atomic E-state index is 0.694. The molecule has 0 bridgehead atoms. The number of rotatable bonds is 6. The molecule has 1 aliphatic heterocycles. The van der Waals surface area contributed by atoms with Crippen LogP contribution in [0, 0.1) is 13.8 Å². The van der Waals surface area contributed by atoms with Crippen LogP contribution in [0.2, 0.25) is 0 Å². The first-order valence-electron chi connectivity index (χ1n) is 9.44. The predicted octanol–water partition coefficient (Wildman–Crippen LogP) is 3.85. The van der Waals surface area contributed by atoms with Gasteiger partial charge >= 0.3 is 0 Å². The van der Waals surface area contributed by atoms with Crippen molar-refractivity contribution in [2.24, 2.45) is 5.10 Å². The zero-order chi connectivity index (χ0) is 18.4. The predicted molar refractivity (Wildman–Crippen MR) is 108 cm³/mol. The number of hydrazone groups is 1. The summed E-state index contributed by atoms with van der Waals surface area (Å²) in [6.45, 7) is 12.1. The van der Waals surface area contributed by atoms with Gasteiger partial charge in [-0.1, -0.05) is 23.8 Å². The van der Waals surface area contributed by atoms with Gasteiger partial charge in [-0.2, -0.15) is 5.10 Å². The molecule has 4 heteroatoms. The molecule has 2 aromatic carbocycles. The quantitative estimate of drug-likeness (QED) is 0.740. The van der Waals surface area contributed by atoms with E-state index in [4.69, 9.17) is 4.74 Å². The lowest BCUT2D eigenvalue weighted by Gasteiger charge is -2.33. The molecule has 0 unspecified atom stereocenters. The molecule has 3 rings (SSSR count). The van der Waals surface area contributed by atoms with Crippen molar-refractivity contribution in [3.63, 3.8) is 0 Å². The van der Waals surface area contributed by atoms with Gasteiger partial charge in [0.25, 0.3) is 0 Å². The fourth-order valence-corrected chi connectivity index (χ4v) is 3.24. The fraction of sp³-hybridized carbons (Fsp3) is 0.409. The van der Waals surface area contributed by atoms with E-state index in [-0.39, 0.29) is 0 Å². The number of nitrogens with zero attached hydrogens (tertiary/aromatic N) is 3. The molecule has 138 valence electrons. The van der Waals surface area contributed by atoms with Gasteiger partial charge in [0.2, 0.25) is 0 Å². The largest absolute Gasteiger partial charge is 0.494 e. The van der Waals surface area contributed by atoms with Crippen molar-refractivity contribution in [2.45, 2.75) is 27.3 Å². The van der Waals surface area contributed by atoms with Crippen LogP contribution in [0.15, 0.2) is 47.6 Å². The highest BCUT2D eigenvalue weighted by atomic mass is 16.5. The van der Waals surface area contributed by atoms with Gasteiger partial charge in [-0.05, 0) is 61.7 Å². The molecule has 26 heavy (non-hydrogen) atoms. The van der Waals surface area contributed by atoms with Crippen LogP contribution < -0.4 is 4.74 Å². The maximum atomic E-state index is 5.47. The lowest BCUT2D eigenvalue weighted by atomic mass is 10.1. The van der Waals surface area contributed by atoms with E-state index in [1.165, 1.54) is 16.7 Å². The van der Waals surface area contributed by atoms with Crippen LogP contribution in [0.5, 0.6) is 5.75 Å². The summed E-state index contributed by atoms with van der Waals surface area (Å²) in [5, 5.41) is 6.80. The second-order valence-corrected chi connectivity index (χ2v) is 6.91. The molecule has 0 saturated carbocycles. The smallest absolute Gasteiger partial charge is 0.119 e. The van der Waals surface area contributed by atoms with E-state index in [0.29, 0.717) is 6.61 Å². The number of hydrogen-bond donors (Lipinski definition) is 0. The van der Waals surface area contributed by atoms with Crippen molar-refractivity contribution in [1.82, 2.24) is 9.91 Å². The summed E-state index contributed by atoms with van der Waals surface area (Å²) in [7, 11) is 0. The summed E-state index contributed by atoms with van der Waals surface area (Å²) in [6, 6.07) is 14.8. The van der Waals surface area contributed by atoms with Gasteiger partial charge in [-0.25, -0.2) is 0 Å². The molecule has 0 N–H and O–H groups in total. The average Bonchev–Trinajstić information content (AvgIpc) is 2.65.